The van der Waals surface area contributed by atoms with Crippen molar-refractivity contribution in [1.82, 2.24) is 4.98 Å². The fourth-order valence-corrected chi connectivity index (χ4v) is 2.12. The Labute approximate surface area is 123 Å². The monoisotopic (exact) mass is 283 g/mol. The van der Waals surface area contributed by atoms with Crippen LogP contribution in [0, 0.1) is 6.92 Å². The summed E-state index contributed by atoms with van der Waals surface area (Å²) in [5.74, 6) is -0.938. The number of rotatable bonds is 4. The summed E-state index contributed by atoms with van der Waals surface area (Å²) in [4.78, 5) is 14.8. The predicted molar refractivity (Wildman–Crippen MR) is 80.8 cm³/mol. The molecule has 0 bridgehead atoms. The summed E-state index contributed by atoms with van der Waals surface area (Å²) in [5.41, 5.74) is 3.49. The molecule has 4 nitrogen and oxygen atoms in total. The highest BCUT2D eigenvalue weighted by molar-refractivity contribution is 5.91. The minimum absolute atomic E-state index is 0.273. The molecule has 4 heteroatoms. The lowest BCUT2D eigenvalue weighted by Gasteiger charge is -2.14. The number of aromatic nitrogens is 1. The van der Waals surface area contributed by atoms with E-state index in [-0.39, 0.29) is 5.57 Å². The second-order valence-electron chi connectivity index (χ2n) is 4.94. The molecule has 0 aliphatic heterocycles. The zero-order chi connectivity index (χ0) is 15.4. The number of carboxylic acids is 1. The molecule has 0 saturated carbocycles. The van der Waals surface area contributed by atoms with E-state index in [9.17, 15) is 9.90 Å². The number of aliphatic hydroxyl groups is 1. The van der Waals surface area contributed by atoms with Crippen LogP contribution in [0.4, 0.5) is 0 Å². The number of pyridine rings is 1. The first kappa shape index (κ1) is 14.9. The highest BCUT2D eigenvalue weighted by Gasteiger charge is 2.13. The van der Waals surface area contributed by atoms with E-state index in [0.717, 1.165) is 22.3 Å². The van der Waals surface area contributed by atoms with E-state index in [2.05, 4.69) is 4.98 Å². The third kappa shape index (κ3) is 3.55. The van der Waals surface area contributed by atoms with Crippen LogP contribution < -0.4 is 0 Å². The molecule has 0 spiro atoms. The van der Waals surface area contributed by atoms with E-state index < -0.39 is 12.1 Å². The molecular formula is C17H17NO3. The lowest BCUT2D eigenvalue weighted by Crippen LogP contribution is -2.02. The quantitative estimate of drug-likeness (QED) is 0.846. The minimum Gasteiger partial charge on any atom is -0.478 e. The molecule has 1 aromatic heterocycles. The summed E-state index contributed by atoms with van der Waals surface area (Å²) < 4.78 is 0. The maximum atomic E-state index is 10.8. The SMILES string of the molecule is C/C(=C\c1ccc(C(O)c2cccnc2)c(C)c1)C(=O)O. The number of hydrogen-bond acceptors (Lipinski definition) is 3. The van der Waals surface area contributed by atoms with Gasteiger partial charge in [0.1, 0.15) is 6.10 Å². The maximum absolute atomic E-state index is 10.8. The van der Waals surface area contributed by atoms with Gasteiger partial charge in [0.05, 0.1) is 0 Å². The summed E-state index contributed by atoms with van der Waals surface area (Å²) in [6, 6.07) is 9.07. The first-order valence-corrected chi connectivity index (χ1v) is 6.59. The predicted octanol–water partition coefficient (Wildman–Crippen LogP) is 2.96. The molecule has 2 aromatic rings. The molecule has 2 N–H and O–H groups in total. The van der Waals surface area contributed by atoms with Crippen LogP contribution in [0.25, 0.3) is 6.08 Å². The molecule has 0 saturated heterocycles. The van der Waals surface area contributed by atoms with Crippen LogP contribution in [0.15, 0.2) is 48.3 Å². The Hall–Kier alpha value is -2.46. The van der Waals surface area contributed by atoms with Crippen molar-refractivity contribution in [3.05, 3.63) is 70.6 Å². The van der Waals surface area contributed by atoms with Gasteiger partial charge in [0.15, 0.2) is 0 Å². The van der Waals surface area contributed by atoms with Crippen LogP contribution >= 0.6 is 0 Å². The molecule has 1 aromatic carbocycles. The molecule has 2 rings (SSSR count). The molecule has 0 fully saturated rings. The van der Waals surface area contributed by atoms with Crippen molar-refractivity contribution >= 4 is 12.0 Å². The first-order chi connectivity index (χ1) is 9.99. The van der Waals surface area contributed by atoms with Crippen molar-refractivity contribution in [1.29, 1.82) is 0 Å². The number of aliphatic hydroxyl groups excluding tert-OH is 1. The summed E-state index contributed by atoms with van der Waals surface area (Å²) >= 11 is 0. The van der Waals surface area contributed by atoms with Gasteiger partial charge in [-0.05, 0) is 42.7 Å². The number of nitrogens with zero attached hydrogens (tertiary/aromatic N) is 1. The number of benzene rings is 1. The van der Waals surface area contributed by atoms with E-state index in [4.69, 9.17) is 5.11 Å². The number of carbonyl (C=O) groups is 1. The smallest absolute Gasteiger partial charge is 0.331 e. The summed E-state index contributed by atoms with van der Waals surface area (Å²) in [7, 11) is 0. The van der Waals surface area contributed by atoms with Crippen LogP contribution in [0.3, 0.4) is 0 Å². The van der Waals surface area contributed by atoms with Gasteiger partial charge in [0, 0.05) is 23.5 Å². The molecule has 1 heterocycles. The Morgan fingerprint density at radius 2 is 2.10 bits per heavy atom. The topological polar surface area (TPSA) is 70.4 Å². The van der Waals surface area contributed by atoms with Gasteiger partial charge in [-0.2, -0.15) is 0 Å². The average Bonchev–Trinajstić information content (AvgIpc) is 2.47. The molecule has 0 amide bonds. The Bertz CT molecular complexity index is 678. The number of aliphatic carboxylic acids is 1. The Morgan fingerprint density at radius 1 is 1.33 bits per heavy atom. The van der Waals surface area contributed by atoms with Crippen LogP contribution in [-0.4, -0.2) is 21.2 Å². The lowest BCUT2D eigenvalue weighted by molar-refractivity contribution is -0.132. The van der Waals surface area contributed by atoms with Gasteiger partial charge in [-0.1, -0.05) is 24.3 Å². The summed E-state index contributed by atoms with van der Waals surface area (Å²) in [6.07, 6.45) is 4.16. The molecule has 1 atom stereocenters. The number of carboxylic acid groups (broad SMARTS) is 1. The average molecular weight is 283 g/mol. The molecule has 0 aliphatic rings. The van der Waals surface area contributed by atoms with E-state index in [1.54, 1.807) is 37.5 Å². The van der Waals surface area contributed by atoms with Crippen molar-refractivity contribution in [2.24, 2.45) is 0 Å². The third-order valence-corrected chi connectivity index (χ3v) is 3.31. The van der Waals surface area contributed by atoms with Crippen molar-refractivity contribution in [2.45, 2.75) is 20.0 Å². The molecular weight excluding hydrogens is 266 g/mol. The Balaban J connectivity index is 2.32. The van der Waals surface area contributed by atoms with Crippen molar-refractivity contribution in [3.63, 3.8) is 0 Å². The van der Waals surface area contributed by atoms with Gasteiger partial charge >= 0.3 is 5.97 Å². The van der Waals surface area contributed by atoms with E-state index in [1.165, 1.54) is 0 Å². The van der Waals surface area contributed by atoms with Gasteiger partial charge in [0.2, 0.25) is 0 Å². The highest BCUT2D eigenvalue weighted by atomic mass is 16.4. The van der Waals surface area contributed by atoms with E-state index in [1.807, 2.05) is 25.1 Å². The van der Waals surface area contributed by atoms with Crippen LogP contribution in [-0.2, 0) is 4.79 Å². The van der Waals surface area contributed by atoms with Gasteiger partial charge in [0.25, 0.3) is 0 Å². The third-order valence-electron chi connectivity index (χ3n) is 3.31. The second kappa shape index (κ2) is 6.33. The fourth-order valence-electron chi connectivity index (χ4n) is 2.12. The summed E-state index contributed by atoms with van der Waals surface area (Å²) in [5, 5.41) is 19.3. The number of aryl methyl sites for hydroxylation is 1. The Morgan fingerprint density at radius 3 is 2.67 bits per heavy atom. The zero-order valence-electron chi connectivity index (χ0n) is 11.9. The molecule has 108 valence electrons. The molecule has 0 radical (unpaired) electrons. The van der Waals surface area contributed by atoms with Gasteiger partial charge < -0.3 is 10.2 Å². The summed E-state index contributed by atoms with van der Waals surface area (Å²) in [6.45, 7) is 3.44. The molecule has 1 unspecified atom stereocenters. The van der Waals surface area contributed by atoms with Crippen molar-refractivity contribution < 1.29 is 15.0 Å². The van der Waals surface area contributed by atoms with E-state index in [0.29, 0.717) is 0 Å². The second-order valence-corrected chi connectivity index (χ2v) is 4.94. The highest BCUT2D eigenvalue weighted by Crippen LogP contribution is 2.25. The van der Waals surface area contributed by atoms with Crippen LogP contribution in [0.5, 0.6) is 0 Å². The normalized spacial score (nSPS) is 13.0. The molecule has 0 aliphatic carbocycles. The standard InChI is InChI=1S/C17H17NO3/c1-11-8-13(9-12(2)17(20)21)5-6-15(11)16(19)14-4-3-7-18-10-14/h3-10,16,19H,1-2H3,(H,20,21)/b12-9+. The van der Waals surface area contributed by atoms with Gasteiger partial charge in [-0.15, -0.1) is 0 Å². The Kier molecular flexibility index (Phi) is 4.50. The first-order valence-electron chi connectivity index (χ1n) is 6.59. The minimum atomic E-state index is -0.938. The zero-order valence-corrected chi connectivity index (χ0v) is 11.9. The van der Waals surface area contributed by atoms with Crippen molar-refractivity contribution in [2.75, 3.05) is 0 Å². The van der Waals surface area contributed by atoms with Gasteiger partial charge in [-0.3, -0.25) is 4.98 Å². The maximum Gasteiger partial charge on any atom is 0.331 e. The van der Waals surface area contributed by atoms with E-state index >= 15 is 0 Å². The largest absolute Gasteiger partial charge is 0.478 e. The molecule has 21 heavy (non-hydrogen) atoms. The fraction of sp³-hybridized carbons (Fsp3) is 0.176. The van der Waals surface area contributed by atoms with Crippen LogP contribution in [0.2, 0.25) is 0 Å². The number of hydrogen-bond donors (Lipinski definition) is 2. The van der Waals surface area contributed by atoms with Crippen molar-refractivity contribution in [3.8, 4) is 0 Å². The van der Waals surface area contributed by atoms with Crippen LogP contribution in [0.1, 0.15) is 35.3 Å². The van der Waals surface area contributed by atoms with Gasteiger partial charge in [-0.25, -0.2) is 4.79 Å². The lowest BCUT2D eigenvalue weighted by atomic mass is 9.96.